The molecular formula is C19H23N5O3S. The summed E-state index contributed by atoms with van der Waals surface area (Å²) in [6, 6.07) is 3.93. The summed E-state index contributed by atoms with van der Waals surface area (Å²) in [5.74, 6) is 0.124. The molecule has 1 saturated heterocycles. The van der Waals surface area contributed by atoms with Crippen LogP contribution in [0.2, 0.25) is 0 Å². The molecule has 8 nitrogen and oxygen atoms in total. The van der Waals surface area contributed by atoms with Crippen LogP contribution in [0.15, 0.2) is 18.5 Å². The number of fused-ring (bicyclic) bond motifs is 2. The summed E-state index contributed by atoms with van der Waals surface area (Å²) in [7, 11) is 0. The van der Waals surface area contributed by atoms with Crippen molar-refractivity contribution in [3.05, 3.63) is 39.5 Å². The molecule has 3 N–H and O–H groups in total. The first-order valence-electron chi connectivity index (χ1n) is 9.34. The molecule has 1 spiro atoms. The molecule has 2 aliphatic heterocycles. The van der Waals surface area contributed by atoms with Gasteiger partial charge in [0.1, 0.15) is 12.1 Å². The number of carbonyl (C=O) groups excluding carboxylic acids is 2. The Morgan fingerprint density at radius 2 is 2.11 bits per heavy atom. The summed E-state index contributed by atoms with van der Waals surface area (Å²) in [4.78, 5) is 35.9. The van der Waals surface area contributed by atoms with E-state index in [1.54, 1.807) is 6.33 Å². The van der Waals surface area contributed by atoms with E-state index < -0.39 is 5.91 Å². The molecule has 0 bridgehead atoms. The highest BCUT2D eigenvalue weighted by molar-refractivity contribution is 7.14. The molecule has 4 heterocycles. The molecule has 2 amide bonds. The van der Waals surface area contributed by atoms with Crippen LogP contribution in [0.25, 0.3) is 0 Å². The number of amides is 2. The molecular weight excluding hydrogens is 378 g/mol. The number of hydrogen-bond donors (Lipinski definition) is 2. The van der Waals surface area contributed by atoms with Gasteiger partial charge in [0.15, 0.2) is 0 Å². The Morgan fingerprint density at radius 1 is 1.32 bits per heavy atom. The number of anilines is 1. The molecule has 0 atom stereocenters. The Kier molecular flexibility index (Phi) is 5.03. The Bertz CT molecular complexity index is 905. The topological polar surface area (TPSA) is 110 Å². The highest BCUT2D eigenvalue weighted by Crippen LogP contribution is 2.45. The van der Waals surface area contributed by atoms with Gasteiger partial charge in [0, 0.05) is 36.1 Å². The third kappa shape index (κ3) is 3.59. The number of carbonyl (C=O) groups is 2. The van der Waals surface area contributed by atoms with Crippen molar-refractivity contribution in [2.45, 2.75) is 31.8 Å². The predicted octanol–water partition coefficient (Wildman–Crippen LogP) is 1.13. The molecule has 0 aromatic carbocycles. The number of nitrogens with two attached hydrogens (primary N) is 1. The van der Waals surface area contributed by atoms with Crippen molar-refractivity contribution in [2.75, 3.05) is 31.1 Å². The largest absolute Gasteiger partial charge is 0.370 e. The van der Waals surface area contributed by atoms with Crippen molar-refractivity contribution in [1.29, 1.82) is 0 Å². The van der Waals surface area contributed by atoms with Gasteiger partial charge >= 0.3 is 0 Å². The second-order valence-electron chi connectivity index (χ2n) is 7.19. The number of thiophene rings is 1. The van der Waals surface area contributed by atoms with Gasteiger partial charge in [-0.15, -0.1) is 11.3 Å². The molecule has 0 unspecified atom stereocenters. The highest BCUT2D eigenvalue weighted by Gasteiger charge is 2.42. The summed E-state index contributed by atoms with van der Waals surface area (Å²) >= 11 is 1.48. The van der Waals surface area contributed by atoms with E-state index in [0.717, 1.165) is 49.4 Å². The highest BCUT2D eigenvalue weighted by atomic mass is 32.1. The van der Waals surface area contributed by atoms with Gasteiger partial charge < -0.3 is 20.7 Å². The molecule has 0 radical (unpaired) electrons. The number of hydrogen-bond acceptors (Lipinski definition) is 7. The first kappa shape index (κ1) is 18.8. The normalized spacial score (nSPS) is 18.0. The average Bonchev–Trinajstić information content (AvgIpc) is 3.13. The van der Waals surface area contributed by atoms with Gasteiger partial charge in [0.05, 0.1) is 23.6 Å². The minimum Gasteiger partial charge on any atom is -0.370 e. The number of ether oxygens (including phenoxy) is 1. The maximum absolute atomic E-state index is 12.3. The van der Waals surface area contributed by atoms with Gasteiger partial charge in [-0.2, -0.15) is 0 Å². The zero-order valence-corrected chi connectivity index (χ0v) is 16.6. The molecule has 4 rings (SSSR count). The van der Waals surface area contributed by atoms with Crippen molar-refractivity contribution < 1.29 is 14.3 Å². The molecule has 9 heteroatoms. The minimum atomic E-state index is -0.554. The number of aromatic nitrogens is 2. The average molecular weight is 401 g/mol. The van der Waals surface area contributed by atoms with Gasteiger partial charge in [-0.25, -0.2) is 9.97 Å². The minimum absolute atomic E-state index is 0.156. The van der Waals surface area contributed by atoms with Crippen LogP contribution in [0.1, 0.15) is 38.6 Å². The van der Waals surface area contributed by atoms with Crippen LogP contribution in [0.3, 0.4) is 0 Å². The zero-order chi connectivity index (χ0) is 19.7. The third-order valence-electron chi connectivity index (χ3n) is 5.34. The van der Waals surface area contributed by atoms with Crippen LogP contribution in [-0.4, -0.2) is 48.0 Å². The molecule has 148 valence electrons. The third-order valence-corrected chi connectivity index (χ3v) is 6.53. The first-order valence-corrected chi connectivity index (χ1v) is 10.2. The van der Waals surface area contributed by atoms with Crippen molar-refractivity contribution in [3.63, 3.8) is 0 Å². The number of nitrogens with one attached hydrogen (secondary N) is 1. The number of nitrogens with zero attached hydrogens (tertiary/aromatic N) is 3. The molecule has 2 aromatic rings. The lowest BCUT2D eigenvalue weighted by Gasteiger charge is -2.44. The van der Waals surface area contributed by atoms with Crippen molar-refractivity contribution in [2.24, 2.45) is 5.73 Å². The van der Waals surface area contributed by atoms with E-state index in [4.69, 9.17) is 10.5 Å². The van der Waals surface area contributed by atoms with Crippen molar-refractivity contribution >= 4 is 29.0 Å². The van der Waals surface area contributed by atoms with Crippen LogP contribution in [0.5, 0.6) is 0 Å². The summed E-state index contributed by atoms with van der Waals surface area (Å²) in [5, 5.41) is 2.57. The van der Waals surface area contributed by atoms with Gasteiger partial charge in [-0.1, -0.05) is 0 Å². The molecule has 1 fully saturated rings. The first-order chi connectivity index (χ1) is 13.5. The lowest BCUT2D eigenvalue weighted by molar-refractivity contribution is -0.117. The van der Waals surface area contributed by atoms with Crippen LogP contribution in [0.4, 0.5) is 5.82 Å². The zero-order valence-electron chi connectivity index (χ0n) is 15.7. The Balaban J connectivity index is 1.52. The summed E-state index contributed by atoms with van der Waals surface area (Å²) < 4.78 is 6.27. The molecule has 2 aliphatic rings. The Hall–Kier alpha value is -2.52. The van der Waals surface area contributed by atoms with E-state index in [-0.39, 0.29) is 18.1 Å². The molecule has 2 aromatic heterocycles. The van der Waals surface area contributed by atoms with Crippen molar-refractivity contribution in [3.8, 4) is 0 Å². The second-order valence-corrected chi connectivity index (χ2v) is 8.33. The quantitative estimate of drug-likeness (QED) is 0.795. The molecule has 28 heavy (non-hydrogen) atoms. The van der Waals surface area contributed by atoms with Crippen LogP contribution >= 0.6 is 11.3 Å². The lowest BCUT2D eigenvalue weighted by Crippen LogP contribution is -2.46. The summed E-state index contributed by atoms with van der Waals surface area (Å²) in [6.07, 6.45) is 4.07. The summed E-state index contributed by atoms with van der Waals surface area (Å²) in [5.41, 5.74) is 6.83. The smallest absolute Gasteiger partial charge is 0.261 e. The van der Waals surface area contributed by atoms with E-state index in [1.165, 1.54) is 16.2 Å². The van der Waals surface area contributed by atoms with Gasteiger partial charge in [-0.05, 0) is 31.4 Å². The fourth-order valence-corrected chi connectivity index (χ4v) is 5.05. The number of primary amides is 1. The predicted molar refractivity (Wildman–Crippen MR) is 105 cm³/mol. The molecule has 0 saturated carbocycles. The molecule has 0 aliphatic carbocycles. The van der Waals surface area contributed by atoms with Crippen molar-refractivity contribution in [1.82, 2.24) is 15.3 Å². The van der Waals surface area contributed by atoms with Crippen LogP contribution < -0.4 is 16.0 Å². The SMILES string of the molecule is Cc1cc(N2CCC3(CC2)OCCc2sc(C(=O)NCC(N)=O)cc23)ncn1. The van der Waals surface area contributed by atoms with E-state index in [9.17, 15) is 9.59 Å². The van der Waals surface area contributed by atoms with E-state index >= 15 is 0 Å². The number of aryl methyl sites for hydroxylation is 1. The number of rotatable bonds is 4. The maximum Gasteiger partial charge on any atom is 0.261 e. The maximum atomic E-state index is 12.3. The van der Waals surface area contributed by atoms with Gasteiger partial charge in [-0.3, -0.25) is 9.59 Å². The number of piperidine rings is 1. The van der Waals surface area contributed by atoms with E-state index in [2.05, 4.69) is 20.2 Å². The van der Waals surface area contributed by atoms with Gasteiger partial charge in [0.2, 0.25) is 5.91 Å². The standard InChI is InChI=1S/C19H23N5O3S/c1-12-8-17(23-11-22-12)24-5-3-19(4-6-24)13-9-15(18(26)21-10-16(20)25)28-14(13)2-7-27-19/h8-9,11H,2-7,10H2,1H3,(H2,20,25)(H,21,26). The van der Waals surface area contributed by atoms with Gasteiger partial charge in [0.25, 0.3) is 5.91 Å². The van der Waals surface area contributed by atoms with Crippen LogP contribution in [-0.2, 0) is 21.6 Å². The Labute approximate surface area is 167 Å². The second kappa shape index (κ2) is 7.48. The summed E-state index contributed by atoms with van der Waals surface area (Å²) in [6.45, 7) is 4.12. The van der Waals surface area contributed by atoms with Crippen LogP contribution in [0, 0.1) is 6.92 Å². The Morgan fingerprint density at radius 3 is 2.82 bits per heavy atom. The fraction of sp³-hybridized carbons (Fsp3) is 0.474. The van der Waals surface area contributed by atoms with E-state index in [1.807, 2.05) is 19.1 Å². The lowest BCUT2D eigenvalue weighted by atomic mass is 9.82. The fourth-order valence-electron chi connectivity index (χ4n) is 3.91. The van der Waals surface area contributed by atoms with E-state index in [0.29, 0.717) is 11.5 Å². The monoisotopic (exact) mass is 401 g/mol.